The van der Waals surface area contributed by atoms with Crippen LogP contribution in [0.1, 0.15) is 19.3 Å². The summed E-state index contributed by atoms with van der Waals surface area (Å²) in [6.45, 7) is 4.77. The summed E-state index contributed by atoms with van der Waals surface area (Å²) in [5, 5.41) is 9.92. The first kappa shape index (κ1) is 13.3. The van der Waals surface area contributed by atoms with Crippen LogP contribution >= 0.6 is 0 Å². The molecule has 4 nitrogen and oxygen atoms in total. The van der Waals surface area contributed by atoms with Crippen LogP contribution in [0.2, 0.25) is 0 Å². The van der Waals surface area contributed by atoms with Gasteiger partial charge in [0.25, 0.3) is 0 Å². The van der Waals surface area contributed by atoms with Gasteiger partial charge in [0.2, 0.25) is 0 Å². The highest BCUT2D eigenvalue weighted by Crippen LogP contribution is 2.20. The number of nitrogens with zero attached hydrogens (tertiary/aromatic N) is 2. The Bertz CT molecular complexity index is 227. The second-order valence-corrected chi connectivity index (χ2v) is 5.69. The summed E-state index contributed by atoms with van der Waals surface area (Å²) >= 11 is 0. The maximum Gasteiger partial charge on any atom is 0.0624 e. The van der Waals surface area contributed by atoms with E-state index in [4.69, 9.17) is 4.74 Å². The number of aliphatic hydroxyl groups is 1. The third-order valence-electron chi connectivity index (χ3n) is 4.21. The normalized spacial score (nSPS) is 33.2. The number of hydrogen-bond acceptors (Lipinski definition) is 4. The molecule has 0 saturated carbocycles. The molecule has 0 bridgehead atoms. The molecule has 0 aromatic rings. The predicted octanol–water partition coefficient (Wildman–Crippen LogP) is 0.410. The lowest BCUT2D eigenvalue weighted by molar-refractivity contribution is -0.0495. The van der Waals surface area contributed by atoms with E-state index in [1.165, 1.54) is 12.8 Å². The fraction of sp³-hybridized carbons (Fsp3) is 1.00. The fourth-order valence-electron chi connectivity index (χ4n) is 2.91. The summed E-state index contributed by atoms with van der Waals surface area (Å²) in [5.41, 5.74) is 0. The van der Waals surface area contributed by atoms with Gasteiger partial charge in [-0.1, -0.05) is 0 Å². The van der Waals surface area contributed by atoms with Gasteiger partial charge in [-0.25, -0.2) is 0 Å². The molecule has 2 rings (SSSR count). The number of likely N-dealkylation sites (tertiary alicyclic amines) is 1. The van der Waals surface area contributed by atoms with Gasteiger partial charge in [-0.2, -0.15) is 0 Å². The Kier molecular flexibility index (Phi) is 4.79. The van der Waals surface area contributed by atoms with E-state index >= 15 is 0 Å². The van der Waals surface area contributed by atoms with E-state index in [-0.39, 0.29) is 6.10 Å². The van der Waals surface area contributed by atoms with Crippen molar-refractivity contribution in [2.75, 3.05) is 46.9 Å². The van der Waals surface area contributed by atoms with E-state index in [2.05, 4.69) is 23.9 Å². The number of aliphatic hydroxyl groups excluding tert-OH is 1. The molecule has 2 aliphatic heterocycles. The molecule has 0 aliphatic carbocycles. The average molecular weight is 242 g/mol. The SMILES string of the molecule is CN(C)C1CCN(CC2COCCC2O)CC1. The van der Waals surface area contributed by atoms with Crippen LogP contribution in [0.25, 0.3) is 0 Å². The molecule has 4 heteroatoms. The number of rotatable bonds is 3. The zero-order valence-electron chi connectivity index (χ0n) is 11.1. The summed E-state index contributed by atoms with van der Waals surface area (Å²) < 4.78 is 5.46. The predicted molar refractivity (Wildman–Crippen MR) is 68.1 cm³/mol. The van der Waals surface area contributed by atoms with Gasteiger partial charge in [0.05, 0.1) is 12.7 Å². The summed E-state index contributed by atoms with van der Waals surface area (Å²) in [7, 11) is 4.33. The van der Waals surface area contributed by atoms with Gasteiger partial charge in [0, 0.05) is 25.1 Å². The highest BCUT2D eigenvalue weighted by atomic mass is 16.5. The Morgan fingerprint density at radius 3 is 2.53 bits per heavy atom. The lowest BCUT2D eigenvalue weighted by Gasteiger charge is -2.38. The maximum atomic E-state index is 9.92. The second-order valence-electron chi connectivity index (χ2n) is 5.69. The van der Waals surface area contributed by atoms with Gasteiger partial charge in [-0.15, -0.1) is 0 Å². The van der Waals surface area contributed by atoms with Crippen molar-refractivity contribution in [2.24, 2.45) is 5.92 Å². The zero-order chi connectivity index (χ0) is 12.3. The van der Waals surface area contributed by atoms with Gasteiger partial charge in [-0.3, -0.25) is 0 Å². The van der Waals surface area contributed by atoms with Crippen molar-refractivity contribution in [2.45, 2.75) is 31.4 Å². The van der Waals surface area contributed by atoms with Crippen molar-refractivity contribution >= 4 is 0 Å². The molecule has 0 radical (unpaired) electrons. The average Bonchev–Trinajstić information content (AvgIpc) is 2.33. The van der Waals surface area contributed by atoms with E-state index < -0.39 is 0 Å². The molecule has 0 amide bonds. The second kappa shape index (κ2) is 6.14. The number of ether oxygens (including phenoxy) is 1. The van der Waals surface area contributed by atoms with Crippen LogP contribution in [-0.2, 0) is 4.74 Å². The molecule has 2 saturated heterocycles. The molecule has 0 spiro atoms. The standard InChI is InChI=1S/C13H26N2O2/c1-14(2)12-3-6-15(7-4-12)9-11-10-17-8-5-13(11)16/h11-13,16H,3-10H2,1-2H3. The minimum absolute atomic E-state index is 0.157. The highest BCUT2D eigenvalue weighted by Gasteiger charge is 2.28. The van der Waals surface area contributed by atoms with Gasteiger partial charge in [0.1, 0.15) is 0 Å². The topological polar surface area (TPSA) is 35.9 Å². The van der Waals surface area contributed by atoms with Crippen LogP contribution in [-0.4, -0.2) is 74.0 Å². The third kappa shape index (κ3) is 3.65. The van der Waals surface area contributed by atoms with Crippen molar-refractivity contribution in [3.8, 4) is 0 Å². The zero-order valence-corrected chi connectivity index (χ0v) is 11.1. The molecular formula is C13H26N2O2. The van der Waals surface area contributed by atoms with Crippen LogP contribution < -0.4 is 0 Å². The largest absolute Gasteiger partial charge is 0.393 e. The van der Waals surface area contributed by atoms with Crippen LogP contribution in [0.15, 0.2) is 0 Å². The van der Waals surface area contributed by atoms with Crippen LogP contribution in [0, 0.1) is 5.92 Å². The van der Waals surface area contributed by atoms with Crippen molar-refractivity contribution in [3.63, 3.8) is 0 Å². The van der Waals surface area contributed by atoms with Gasteiger partial charge >= 0.3 is 0 Å². The van der Waals surface area contributed by atoms with E-state index in [1.807, 2.05) is 0 Å². The molecular weight excluding hydrogens is 216 g/mol. The summed E-state index contributed by atoms with van der Waals surface area (Å²) in [5.74, 6) is 0.319. The molecule has 0 aromatic heterocycles. The molecule has 100 valence electrons. The molecule has 2 heterocycles. The van der Waals surface area contributed by atoms with Crippen molar-refractivity contribution in [1.29, 1.82) is 0 Å². The Labute approximate surface area is 105 Å². The molecule has 2 fully saturated rings. The van der Waals surface area contributed by atoms with Gasteiger partial charge in [0.15, 0.2) is 0 Å². The molecule has 2 atom stereocenters. The van der Waals surface area contributed by atoms with Crippen molar-refractivity contribution < 1.29 is 9.84 Å². The Hall–Kier alpha value is -0.160. The minimum atomic E-state index is -0.157. The van der Waals surface area contributed by atoms with Gasteiger partial charge < -0.3 is 19.6 Å². The quantitative estimate of drug-likeness (QED) is 0.777. The smallest absolute Gasteiger partial charge is 0.0624 e. The fourth-order valence-corrected chi connectivity index (χ4v) is 2.91. The lowest BCUT2D eigenvalue weighted by Crippen LogP contribution is -2.46. The highest BCUT2D eigenvalue weighted by molar-refractivity contribution is 4.81. The summed E-state index contributed by atoms with van der Waals surface area (Å²) in [4.78, 5) is 4.82. The van der Waals surface area contributed by atoms with Crippen molar-refractivity contribution in [1.82, 2.24) is 9.80 Å². The third-order valence-corrected chi connectivity index (χ3v) is 4.21. The summed E-state index contributed by atoms with van der Waals surface area (Å²) in [6.07, 6.45) is 3.14. The van der Waals surface area contributed by atoms with E-state index in [1.54, 1.807) is 0 Å². The maximum absolute atomic E-state index is 9.92. The van der Waals surface area contributed by atoms with E-state index in [0.717, 1.165) is 45.3 Å². The molecule has 2 unspecified atom stereocenters. The van der Waals surface area contributed by atoms with E-state index in [9.17, 15) is 5.11 Å². The Morgan fingerprint density at radius 2 is 1.94 bits per heavy atom. The first-order chi connectivity index (χ1) is 8.16. The minimum Gasteiger partial charge on any atom is -0.393 e. The number of hydrogen-bond donors (Lipinski definition) is 1. The first-order valence-electron chi connectivity index (χ1n) is 6.81. The van der Waals surface area contributed by atoms with Crippen LogP contribution in [0.3, 0.4) is 0 Å². The summed E-state index contributed by atoms with van der Waals surface area (Å²) in [6, 6.07) is 0.735. The molecule has 1 N–H and O–H groups in total. The lowest BCUT2D eigenvalue weighted by atomic mass is 9.96. The Morgan fingerprint density at radius 1 is 1.24 bits per heavy atom. The van der Waals surface area contributed by atoms with Gasteiger partial charge in [-0.05, 0) is 46.4 Å². The van der Waals surface area contributed by atoms with Crippen LogP contribution in [0.4, 0.5) is 0 Å². The molecule has 0 aromatic carbocycles. The first-order valence-corrected chi connectivity index (χ1v) is 6.81. The number of piperidine rings is 1. The van der Waals surface area contributed by atoms with Crippen LogP contribution in [0.5, 0.6) is 0 Å². The van der Waals surface area contributed by atoms with Crippen molar-refractivity contribution in [3.05, 3.63) is 0 Å². The molecule has 2 aliphatic rings. The van der Waals surface area contributed by atoms with E-state index in [0.29, 0.717) is 5.92 Å². The molecule has 17 heavy (non-hydrogen) atoms. The monoisotopic (exact) mass is 242 g/mol. The Balaban J connectivity index is 1.73.